The maximum Gasteiger partial charge on any atom is 0.249 e. The molecule has 0 heterocycles. The van der Waals surface area contributed by atoms with E-state index in [0.29, 0.717) is 16.8 Å². The van der Waals surface area contributed by atoms with Crippen LogP contribution < -0.4 is 15.8 Å². The highest BCUT2D eigenvalue weighted by molar-refractivity contribution is 6.04. The van der Waals surface area contributed by atoms with Crippen LogP contribution in [0.25, 0.3) is 6.08 Å². The molecule has 0 saturated heterocycles. The van der Waals surface area contributed by atoms with Crippen LogP contribution in [-0.2, 0) is 4.79 Å². The molecule has 2 amide bonds. The number of ether oxygens (including phenoxy) is 1. The largest absolute Gasteiger partial charge is 0.497 e. The minimum absolute atomic E-state index is 0.287. The second-order valence-corrected chi connectivity index (χ2v) is 4.94. The van der Waals surface area contributed by atoms with Gasteiger partial charge >= 0.3 is 0 Å². The smallest absolute Gasteiger partial charge is 0.249 e. The quantitative estimate of drug-likeness (QED) is 0.833. The number of carbonyl (C=O) groups excluding carboxylic acids is 2. The van der Waals surface area contributed by atoms with Gasteiger partial charge in [0, 0.05) is 17.3 Å². The summed E-state index contributed by atoms with van der Waals surface area (Å²) in [5, 5.41) is 2.74. The zero-order valence-corrected chi connectivity index (χ0v) is 13.0. The molecule has 0 atom stereocenters. The molecular formula is C18H18N2O3. The molecule has 3 N–H and O–H groups in total. The zero-order chi connectivity index (χ0) is 16.8. The predicted octanol–water partition coefficient (Wildman–Crippen LogP) is 2.75. The van der Waals surface area contributed by atoms with E-state index in [4.69, 9.17) is 10.5 Å². The second kappa shape index (κ2) is 7.26. The van der Waals surface area contributed by atoms with E-state index in [9.17, 15) is 9.59 Å². The van der Waals surface area contributed by atoms with E-state index in [1.54, 1.807) is 38.3 Å². The maximum atomic E-state index is 12.0. The standard InChI is InChI=1S/C18H18N2O3/c1-12-15(18(19)22)4-3-5-16(12)20-17(21)11-8-13-6-9-14(23-2)10-7-13/h3-11H,1-2H3,(H2,19,22)(H,20,21)/b11-8+. The maximum absolute atomic E-state index is 12.0. The van der Waals surface area contributed by atoms with Gasteiger partial charge in [0.05, 0.1) is 7.11 Å². The summed E-state index contributed by atoms with van der Waals surface area (Å²) in [6.45, 7) is 1.74. The topological polar surface area (TPSA) is 81.4 Å². The molecule has 2 aromatic carbocycles. The SMILES string of the molecule is COc1ccc(/C=C/C(=O)Nc2cccc(C(N)=O)c2C)cc1. The highest BCUT2D eigenvalue weighted by Gasteiger charge is 2.09. The Bertz CT molecular complexity index is 749. The Kier molecular flexibility index (Phi) is 5.15. The van der Waals surface area contributed by atoms with Crippen LogP contribution in [0.1, 0.15) is 21.5 Å². The van der Waals surface area contributed by atoms with Crippen LogP contribution in [0.5, 0.6) is 5.75 Å². The molecule has 0 fully saturated rings. The minimum atomic E-state index is -0.521. The highest BCUT2D eigenvalue weighted by Crippen LogP contribution is 2.19. The van der Waals surface area contributed by atoms with Crippen molar-refractivity contribution in [3.05, 3.63) is 65.2 Å². The average molecular weight is 310 g/mol. The molecule has 5 heteroatoms. The van der Waals surface area contributed by atoms with Crippen molar-refractivity contribution in [2.45, 2.75) is 6.92 Å². The second-order valence-electron chi connectivity index (χ2n) is 4.94. The summed E-state index contributed by atoms with van der Waals surface area (Å²) in [4.78, 5) is 23.3. The number of benzene rings is 2. The van der Waals surface area contributed by atoms with Crippen molar-refractivity contribution in [3.63, 3.8) is 0 Å². The van der Waals surface area contributed by atoms with Crippen molar-refractivity contribution in [1.82, 2.24) is 0 Å². The normalized spacial score (nSPS) is 10.5. The average Bonchev–Trinajstić information content (AvgIpc) is 2.55. The van der Waals surface area contributed by atoms with Crippen molar-refractivity contribution in [2.75, 3.05) is 12.4 Å². The summed E-state index contributed by atoms with van der Waals surface area (Å²) < 4.78 is 5.08. The summed E-state index contributed by atoms with van der Waals surface area (Å²) in [6.07, 6.45) is 3.13. The molecule has 5 nitrogen and oxygen atoms in total. The lowest BCUT2D eigenvalue weighted by molar-refractivity contribution is -0.111. The van der Waals surface area contributed by atoms with E-state index >= 15 is 0 Å². The van der Waals surface area contributed by atoms with Gasteiger partial charge in [-0.3, -0.25) is 9.59 Å². The minimum Gasteiger partial charge on any atom is -0.497 e. The van der Waals surface area contributed by atoms with E-state index in [0.717, 1.165) is 11.3 Å². The summed E-state index contributed by atoms with van der Waals surface area (Å²) in [5.41, 5.74) is 7.77. The Labute approximate surface area is 134 Å². The Balaban J connectivity index is 2.08. The molecule has 23 heavy (non-hydrogen) atoms. The first-order chi connectivity index (χ1) is 11.0. The number of carbonyl (C=O) groups is 2. The summed E-state index contributed by atoms with van der Waals surface area (Å²) in [5.74, 6) is -0.0524. The van der Waals surface area contributed by atoms with Crippen LogP contribution in [0.4, 0.5) is 5.69 Å². The number of methoxy groups -OCH3 is 1. The molecular weight excluding hydrogens is 292 g/mol. The van der Waals surface area contributed by atoms with Gasteiger partial charge in [-0.05, 0) is 48.4 Å². The van der Waals surface area contributed by atoms with Crippen molar-refractivity contribution in [3.8, 4) is 5.75 Å². The first-order valence-electron chi connectivity index (χ1n) is 7.04. The molecule has 0 aliphatic heterocycles. The van der Waals surface area contributed by atoms with Crippen LogP contribution in [-0.4, -0.2) is 18.9 Å². The number of amides is 2. The number of nitrogens with one attached hydrogen (secondary N) is 1. The van der Waals surface area contributed by atoms with E-state index < -0.39 is 5.91 Å². The fourth-order valence-electron chi connectivity index (χ4n) is 2.10. The van der Waals surface area contributed by atoms with Crippen LogP contribution in [0.3, 0.4) is 0 Å². The summed E-state index contributed by atoms with van der Waals surface area (Å²) in [7, 11) is 1.60. The van der Waals surface area contributed by atoms with Gasteiger partial charge in [0.2, 0.25) is 11.8 Å². The molecule has 0 aliphatic rings. The lowest BCUT2D eigenvalue weighted by Gasteiger charge is -2.09. The fraction of sp³-hybridized carbons (Fsp3) is 0.111. The first kappa shape index (κ1) is 16.3. The third kappa shape index (κ3) is 4.20. The summed E-state index contributed by atoms with van der Waals surface area (Å²) in [6, 6.07) is 12.4. The monoisotopic (exact) mass is 310 g/mol. The molecule has 2 aromatic rings. The van der Waals surface area contributed by atoms with Crippen LogP contribution in [0.2, 0.25) is 0 Å². The van der Waals surface area contributed by atoms with Gasteiger partial charge in [-0.1, -0.05) is 18.2 Å². The Morgan fingerprint density at radius 2 is 1.83 bits per heavy atom. The van der Waals surface area contributed by atoms with Crippen LogP contribution >= 0.6 is 0 Å². The van der Waals surface area contributed by atoms with Crippen molar-refractivity contribution in [2.24, 2.45) is 5.73 Å². The number of hydrogen-bond donors (Lipinski definition) is 2. The third-order valence-electron chi connectivity index (χ3n) is 3.40. The first-order valence-corrected chi connectivity index (χ1v) is 7.04. The van der Waals surface area contributed by atoms with Gasteiger partial charge in [0.25, 0.3) is 0 Å². The molecule has 118 valence electrons. The molecule has 0 unspecified atom stereocenters. The number of nitrogens with two attached hydrogens (primary N) is 1. The number of hydrogen-bond acceptors (Lipinski definition) is 3. The molecule has 0 radical (unpaired) electrons. The van der Waals surface area contributed by atoms with Gasteiger partial charge in [0.1, 0.15) is 5.75 Å². The zero-order valence-electron chi connectivity index (χ0n) is 13.0. The molecule has 0 bridgehead atoms. The van der Waals surface area contributed by atoms with Gasteiger partial charge in [-0.15, -0.1) is 0 Å². The highest BCUT2D eigenvalue weighted by atomic mass is 16.5. The number of primary amides is 1. The molecule has 0 aliphatic carbocycles. The van der Waals surface area contributed by atoms with Crippen LogP contribution in [0.15, 0.2) is 48.5 Å². The van der Waals surface area contributed by atoms with Gasteiger partial charge < -0.3 is 15.8 Å². The van der Waals surface area contributed by atoms with Gasteiger partial charge in [0.15, 0.2) is 0 Å². The molecule has 0 saturated carbocycles. The Morgan fingerprint density at radius 3 is 2.43 bits per heavy atom. The molecule has 0 spiro atoms. The fourth-order valence-corrected chi connectivity index (χ4v) is 2.10. The van der Waals surface area contributed by atoms with Crippen molar-refractivity contribution in [1.29, 1.82) is 0 Å². The number of anilines is 1. The lowest BCUT2D eigenvalue weighted by atomic mass is 10.1. The van der Waals surface area contributed by atoms with Gasteiger partial charge in [-0.25, -0.2) is 0 Å². The lowest BCUT2D eigenvalue weighted by Crippen LogP contribution is -2.15. The van der Waals surface area contributed by atoms with Crippen molar-refractivity contribution < 1.29 is 14.3 Å². The van der Waals surface area contributed by atoms with E-state index in [1.165, 1.54) is 6.08 Å². The molecule has 2 rings (SSSR count). The van der Waals surface area contributed by atoms with E-state index in [1.807, 2.05) is 24.3 Å². The number of rotatable bonds is 5. The van der Waals surface area contributed by atoms with Crippen molar-refractivity contribution >= 4 is 23.6 Å². The van der Waals surface area contributed by atoms with Gasteiger partial charge in [-0.2, -0.15) is 0 Å². The third-order valence-corrected chi connectivity index (χ3v) is 3.40. The van der Waals surface area contributed by atoms with Crippen LogP contribution in [0, 0.1) is 6.92 Å². The predicted molar refractivity (Wildman–Crippen MR) is 90.4 cm³/mol. The Morgan fingerprint density at radius 1 is 1.13 bits per heavy atom. The molecule has 0 aromatic heterocycles. The Hall–Kier alpha value is -3.08. The summed E-state index contributed by atoms with van der Waals surface area (Å²) >= 11 is 0. The van der Waals surface area contributed by atoms with E-state index in [2.05, 4.69) is 5.32 Å². The van der Waals surface area contributed by atoms with E-state index in [-0.39, 0.29) is 5.91 Å².